The van der Waals surface area contributed by atoms with Gasteiger partial charge in [-0.1, -0.05) is 41.4 Å². The van der Waals surface area contributed by atoms with Crippen LogP contribution in [-0.4, -0.2) is 28.1 Å². The van der Waals surface area contributed by atoms with Crippen molar-refractivity contribution in [2.75, 3.05) is 0 Å². The molecule has 25 heavy (non-hydrogen) atoms. The van der Waals surface area contributed by atoms with E-state index >= 15 is 0 Å². The lowest BCUT2D eigenvalue weighted by molar-refractivity contribution is 0.453. The highest BCUT2D eigenvalue weighted by Crippen LogP contribution is 2.35. The molecule has 0 amide bonds. The van der Waals surface area contributed by atoms with E-state index in [0.717, 1.165) is 0 Å². The van der Waals surface area contributed by atoms with Gasteiger partial charge < -0.3 is 10.2 Å². The van der Waals surface area contributed by atoms with E-state index in [1.54, 1.807) is 13.8 Å². The second-order valence-corrected chi connectivity index (χ2v) is 10.9. The topological polar surface area (TPSA) is 91.7 Å². The van der Waals surface area contributed by atoms with Crippen molar-refractivity contribution in [2.45, 2.75) is 34.6 Å². The molecule has 0 saturated heterocycles. The molecule has 0 fully saturated rings. The zero-order valence-electron chi connectivity index (χ0n) is 13.4. The van der Waals surface area contributed by atoms with Crippen LogP contribution in [0, 0.1) is 0 Å². The third-order valence-corrected chi connectivity index (χ3v) is 7.37. The summed E-state index contributed by atoms with van der Waals surface area (Å²) >= 11 is 9.17. The highest BCUT2D eigenvalue weighted by Gasteiger charge is 2.24. The van der Waals surface area contributed by atoms with Gasteiger partial charge in [-0.25, -0.2) is 8.42 Å². The lowest BCUT2D eigenvalue weighted by Gasteiger charge is -2.13. The van der Waals surface area contributed by atoms with Crippen LogP contribution in [0.25, 0.3) is 0 Å². The van der Waals surface area contributed by atoms with Crippen LogP contribution >= 0.6 is 27.5 Å². The average molecular weight is 468 g/mol. The lowest BCUT2D eigenvalue weighted by Crippen LogP contribution is -2.09. The predicted molar refractivity (Wildman–Crippen MR) is 101 cm³/mol. The first-order valence-corrected chi connectivity index (χ1v) is 11.2. The quantitative estimate of drug-likeness (QED) is 0.693. The molecule has 0 aliphatic heterocycles. The Morgan fingerprint density at radius 3 is 2.44 bits per heavy atom. The van der Waals surface area contributed by atoms with Crippen LogP contribution in [0.3, 0.4) is 0 Å². The van der Waals surface area contributed by atoms with E-state index in [4.69, 9.17) is 11.6 Å². The summed E-state index contributed by atoms with van der Waals surface area (Å²) in [6.07, 6.45) is 0. The van der Waals surface area contributed by atoms with Gasteiger partial charge in [0.05, 0.1) is 21.4 Å². The van der Waals surface area contributed by atoms with Gasteiger partial charge in [-0.05, 0) is 30.3 Å². The Bertz CT molecular complexity index is 942. The number of phenols is 2. The van der Waals surface area contributed by atoms with E-state index in [9.17, 15) is 22.8 Å². The molecule has 2 rings (SSSR count). The van der Waals surface area contributed by atoms with Gasteiger partial charge in [-0.3, -0.25) is 4.21 Å². The van der Waals surface area contributed by atoms with E-state index in [2.05, 4.69) is 15.9 Å². The minimum absolute atomic E-state index is 0.0240. The molecule has 9 heteroatoms. The van der Waals surface area contributed by atoms with Crippen molar-refractivity contribution in [3.05, 3.63) is 45.4 Å². The monoisotopic (exact) mass is 466 g/mol. The van der Waals surface area contributed by atoms with Crippen molar-refractivity contribution in [1.82, 2.24) is 0 Å². The third kappa shape index (κ3) is 4.55. The van der Waals surface area contributed by atoms with Gasteiger partial charge in [-0.2, -0.15) is 0 Å². The normalized spacial score (nSPS) is 13.2. The Kier molecular flexibility index (Phi) is 6.19. The zero-order valence-corrected chi connectivity index (χ0v) is 17.3. The molecule has 2 aromatic carbocycles. The number of halogens is 2. The first-order chi connectivity index (χ1) is 11.5. The van der Waals surface area contributed by atoms with E-state index in [-0.39, 0.29) is 31.4 Å². The molecule has 0 saturated carbocycles. The Balaban J connectivity index is 2.53. The molecule has 2 N–H and O–H groups in total. The minimum Gasteiger partial charge on any atom is -0.507 e. The van der Waals surface area contributed by atoms with Gasteiger partial charge in [0.15, 0.2) is 9.84 Å². The second-order valence-electron chi connectivity index (χ2n) is 5.63. The highest BCUT2D eigenvalue weighted by molar-refractivity contribution is 9.10. The van der Waals surface area contributed by atoms with Gasteiger partial charge >= 0.3 is 0 Å². The lowest BCUT2D eigenvalue weighted by atomic mass is 10.2. The molecule has 5 nitrogen and oxygen atoms in total. The summed E-state index contributed by atoms with van der Waals surface area (Å²) in [5.41, 5.74) is 0.0240. The third-order valence-electron chi connectivity index (χ3n) is 3.37. The number of benzene rings is 2. The van der Waals surface area contributed by atoms with E-state index < -0.39 is 32.1 Å². The fourth-order valence-electron chi connectivity index (χ4n) is 2.17. The molecular weight excluding hydrogens is 452 g/mol. The summed E-state index contributed by atoms with van der Waals surface area (Å²) in [5, 5.41) is 20.1. The SMILES string of the molecule is CC(C)S(=O)c1cc(Cl)cc(CS(=O)(=O)c2cc(Br)ccc2O)c1O. The molecule has 0 spiro atoms. The Morgan fingerprint density at radius 1 is 1.20 bits per heavy atom. The van der Waals surface area contributed by atoms with Gasteiger partial charge in [0.2, 0.25) is 0 Å². The summed E-state index contributed by atoms with van der Waals surface area (Å²) in [4.78, 5) is -0.182. The summed E-state index contributed by atoms with van der Waals surface area (Å²) < 4.78 is 38.1. The molecular formula is C16H16BrClO5S2. The molecule has 0 aromatic heterocycles. The van der Waals surface area contributed by atoms with Crippen LogP contribution in [0.4, 0.5) is 0 Å². The zero-order chi connectivity index (χ0) is 18.9. The number of hydrogen-bond acceptors (Lipinski definition) is 5. The Morgan fingerprint density at radius 2 is 1.84 bits per heavy atom. The Labute approximate surface area is 162 Å². The predicted octanol–water partition coefficient (Wildman–Crippen LogP) is 4.00. The largest absolute Gasteiger partial charge is 0.507 e. The van der Waals surface area contributed by atoms with Crippen LogP contribution < -0.4 is 0 Å². The van der Waals surface area contributed by atoms with Crippen molar-refractivity contribution in [3.63, 3.8) is 0 Å². The molecule has 0 bridgehead atoms. The van der Waals surface area contributed by atoms with Crippen LogP contribution in [0.1, 0.15) is 19.4 Å². The Hall–Kier alpha value is -1.09. The number of sulfone groups is 1. The minimum atomic E-state index is -3.97. The summed E-state index contributed by atoms with van der Waals surface area (Å²) in [5.74, 6) is -1.35. The molecule has 0 radical (unpaired) electrons. The molecule has 1 atom stereocenters. The fourth-order valence-corrected chi connectivity index (χ4v) is 5.53. The average Bonchev–Trinajstić information content (AvgIpc) is 2.51. The molecule has 0 aliphatic carbocycles. The highest BCUT2D eigenvalue weighted by atomic mass is 79.9. The smallest absolute Gasteiger partial charge is 0.186 e. The van der Waals surface area contributed by atoms with Gasteiger partial charge in [0.1, 0.15) is 16.4 Å². The first-order valence-electron chi connectivity index (χ1n) is 7.16. The maximum Gasteiger partial charge on any atom is 0.186 e. The standard InChI is InChI=1S/C16H16BrClO5S2/c1-9(2)24(21)14-7-12(18)5-10(16(14)20)8-25(22,23)15-6-11(17)3-4-13(15)19/h3-7,9,19-20H,8H2,1-2H3. The number of phenolic OH excluding ortho intramolecular Hbond substituents is 2. The van der Waals surface area contributed by atoms with E-state index in [1.165, 1.54) is 30.3 Å². The fraction of sp³-hybridized carbons (Fsp3) is 0.250. The first kappa shape index (κ1) is 20.2. The molecule has 1 unspecified atom stereocenters. The van der Waals surface area contributed by atoms with Crippen molar-refractivity contribution in [2.24, 2.45) is 0 Å². The van der Waals surface area contributed by atoms with Crippen LogP contribution in [0.2, 0.25) is 5.02 Å². The summed E-state index contributed by atoms with van der Waals surface area (Å²) in [6.45, 7) is 3.43. The molecule has 2 aromatic rings. The van der Waals surface area contributed by atoms with Crippen LogP contribution in [0.5, 0.6) is 11.5 Å². The van der Waals surface area contributed by atoms with Gasteiger partial charge in [-0.15, -0.1) is 0 Å². The summed E-state index contributed by atoms with van der Waals surface area (Å²) in [6, 6.07) is 6.72. The molecule has 0 aliphatic rings. The van der Waals surface area contributed by atoms with Crippen LogP contribution in [-0.2, 0) is 26.4 Å². The van der Waals surface area contributed by atoms with E-state index in [0.29, 0.717) is 4.47 Å². The van der Waals surface area contributed by atoms with Crippen molar-refractivity contribution < 1.29 is 22.8 Å². The van der Waals surface area contributed by atoms with Crippen molar-refractivity contribution in [3.8, 4) is 11.5 Å². The van der Waals surface area contributed by atoms with Gasteiger partial charge in [0, 0.05) is 20.3 Å². The van der Waals surface area contributed by atoms with E-state index in [1.807, 2.05) is 0 Å². The maximum atomic E-state index is 12.6. The van der Waals surface area contributed by atoms with Gasteiger partial charge in [0.25, 0.3) is 0 Å². The number of aromatic hydroxyl groups is 2. The number of hydrogen-bond donors (Lipinski definition) is 2. The second kappa shape index (κ2) is 7.65. The molecule has 0 heterocycles. The number of rotatable bonds is 5. The molecule has 136 valence electrons. The maximum absolute atomic E-state index is 12.6. The summed E-state index contributed by atoms with van der Waals surface area (Å²) in [7, 11) is -5.50. The van der Waals surface area contributed by atoms with Crippen molar-refractivity contribution >= 4 is 48.2 Å². The van der Waals surface area contributed by atoms with Crippen LogP contribution in [0.15, 0.2) is 44.6 Å². The van der Waals surface area contributed by atoms with Crippen molar-refractivity contribution in [1.29, 1.82) is 0 Å².